The fourth-order valence-corrected chi connectivity index (χ4v) is 2.95. The number of rotatable bonds is 0. The van der Waals surface area contributed by atoms with Gasteiger partial charge in [0, 0.05) is 11.6 Å². The summed E-state index contributed by atoms with van der Waals surface area (Å²) in [6.45, 7) is 3.15. The van der Waals surface area contributed by atoms with E-state index in [2.05, 4.69) is 5.32 Å². The van der Waals surface area contributed by atoms with E-state index < -0.39 is 24.0 Å². The summed E-state index contributed by atoms with van der Waals surface area (Å²) in [6, 6.07) is 2.96. The number of amides is 1. The van der Waals surface area contributed by atoms with E-state index in [1.165, 1.54) is 13.0 Å². The molecule has 0 fully saturated rings. The van der Waals surface area contributed by atoms with Gasteiger partial charge in [-0.2, -0.15) is 0 Å². The van der Waals surface area contributed by atoms with E-state index in [9.17, 15) is 19.8 Å². The molecule has 2 heterocycles. The fraction of sp³-hybridized carbons (Fsp3) is 0.412. The van der Waals surface area contributed by atoms with Gasteiger partial charge in [-0.25, -0.2) is 0 Å². The number of phenols is 1. The molecule has 23 heavy (non-hydrogen) atoms. The number of anilines is 1. The van der Waals surface area contributed by atoms with E-state index in [-0.39, 0.29) is 11.5 Å². The molecule has 3 N–H and O–H groups in total. The molecule has 1 aromatic carbocycles. The number of Topliss-reactive ketones (excluding diaryl/α,β-unsaturated/α-hetero) is 1. The van der Waals surface area contributed by atoms with Crippen LogP contribution in [0.25, 0.3) is 0 Å². The Morgan fingerprint density at radius 3 is 2.78 bits per heavy atom. The lowest BCUT2D eigenvalue weighted by atomic mass is 9.96. The first-order valence-corrected chi connectivity index (χ1v) is 7.61. The number of hydrogen-bond donors (Lipinski definition) is 3. The van der Waals surface area contributed by atoms with Crippen molar-refractivity contribution in [3.63, 3.8) is 0 Å². The number of aliphatic hydroxyl groups is 1. The Morgan fingerprint density at radius 2 is 2.04 bits per heavy atom. The van der Waals surface area contributed by atoms with Crippen LogP contribution in [0.1, 0.15) is 25.8 Å². The van der Waals surface area contributed by atoms with Crippen molar-refractivity contribution in [2.24, 2.45) is 5.92 Å². The van der Waals surface area contributed by atoms with Crippen LogP contribution in [-0.4, -0.2) is 34.1 Å². The maximum absolute atomic E-state index is 12.3. The molecular formula is C17H19NO5. The second kappa shape index (κ2) is 5.70. The van der Waals surface area contributed by atoms with Crippen LogP contribution < -0.4 is 10.1 Å². The molecule has 122 valence electrons. The predicted octanol–water partition coefficient (Wildman–Crippen LogP) is 1.55. The van der Waals surface area contributed by atoms with E-state index in [0.29, 0.717) is 35.4 Å². The third kappa shape index (κ3) is 2.82. The monoisotopic (exact) mass is 317 g/mol. The summed E-state index contributed by atoms with van der Waals surface area (Å²) in [6.07, 6.45) is 1.06. The second-order valence-corrected chi connectivity index (χ2v) is 6.09. The standard InChI is InChI=1S/C17H19NO5/c1-8-5-14-13(20)4-3-10-6-11(19)7-12(16(10)23-14)18-17(22)9(2)15(8)21/h5-7,9,13-14,19-20H,3-4H2,1-2H3,(H,18,22)/t9?,13-,14+/m0/s1. The predicted molar refractivity (Wildman–Crippen MR) is 83.4 cm³/mol. The minimum atomic E-state index is -0.860. The van der Waals surface area contributed by atoms with Gasteiger partial charge < -0.3 is 20.3 Å². The maximum Gasteiger partial charge on any atom is 0.235 e. The van der Waals surface area contributed by atoms with Gasteiger partial charge in [0.05, 0.1) is 17.7 Å². The van der Waals surface area contributed by atoms with Gasteiger partial charge >= 0.3 is 0 Å². The zero-order valence-corrected chi connectivity index (χ0v) is 13.0. The number of benzene rings is 1. The number of ketones is 1. The Kier molecular flexibility index (Phi) is 3.85. The topological polar surface area (TPSA) is 95.9 Å². The number of aliphatic hydroxyl groups excluding tert-OH is 1. The second-order valence-electron chi connectivity index (χ2n) is 6.09. The number of aryl methyl sites for hydroxylation is 1. The van der Waals surface area contributed by atoms with Crippen LogP contribution >= 0.6 is 0 Å². The lowest BCUT2D eigenvalue weighted by Gasteiger charge is -2.24. The highest BCUT2D eigenvalue weighted by molar-refractivity contribution is 6.13. The molecule has 0 radical (unpaired) electrons. The average molecular weight is 317 g/mol. The Hall–Kier alpha value is -2.34. The lowest BCUT2D eigenvalue weighted by molar-refractivity contribution is -0.128. The van der Waals surface area contributed by atoms with E-state index in [0.717, 1.165) is 0 Å². The first kappa shape index (κ1) is 15.6. The molecule has 6 nitrogen and oxygen atoms in total. The zero-order valence-electron chi connectivity index (χ0n) is 13.0. The van der Waals surface area contributed by atoms with Crippen LogP contribution in [0.2, 0.25) is 0 Å². The molecular weight excluding hydrogens is 298 g/mol. The van der Waals surface area contributed by atoms with E-state index >= 15 is 0 Å². The van der Waals surface area contributed by atoms with Crippen molar-refractivity contribution in [2.75, 3.05) is 5.32 Å². The van der Waals surface area contributed by atoms with Crippen LogP contribution in [0.4, 0.5) is 5.69 Å². The van der Waals surface area contributed by atoms with Gasteiger partial charge in [0.25, 0.3) is 0 Å². The minimum absolute atomic E-state index is 0.00153. The summed E-state index contributed by atoms with van der Waals surface area (Å²) >= 11 is 0. The van der Waals surface area contributed by atoms with E-state index in [1.807, 2.05) is 0 Å². The third-order valence-electron chi connectivity index (χ3n) is 4.34. The highest BCUT2D eigenvalue weighted by Crippen LogP contribution is 2.38. The van der Waals surface area contributed by atoms with Crippen LogP contribution in [0.3, 0.4) is 0 Å². The molecule has 1 aromatic rings. The first-order valence-electron chi connectivity index (χ1n) is 7.61. The summed E-state index contributed by atoms with van der Waals surface area (Å²) in [4.78, 5) is 24.6. The van der Waals surface area contributed by atoms with Crippen molar-refractivity contribution in [2.45, 2.75) is 38.9 Å². The molecule has 0 spiro atoms. The van der Waals surface area contributed by atoms with Gasteiger partial charge in [0.1, 0.15) is 17.6 Å². The largest absolute Gasteiger partial charge is 0.508 e. The zero-order chi connectivity index (χ0) is 16.7. The first-order chi connectivity index (χ1) is 10.9. The van der Waals surface area contributed by atoms with Crippen molar-refractivity contribution in [1.82, 2.24) is 0 Å². The molecule has 1 unspecified atom stereocenters. The number of fused-ring (bicyclic) bond motifs is 1. The molecule has 2 bridgehead atoms. The number of ether oxygens (including phenoxy) is 1. The van der Waals surface area contributed by atoms with E-state index in [4.69, 9.17) is 4.74 Å². The van der Waals surface area contributed by atoms with Crippen molar-refractivity contribution in [3.8, 4) is 11.5 Å². The van der Waals surface area contributed by atoms with Gasteiger partial charge in [0.2, 0.25) is 5.91 Å². The Bertz CT molecular complexity index is 709. The van der Waals surface area contributed by atoms with E-state index in [1.54, 1.807) is 19.1 Å². The molecule has 3 rings (SSSR count). The van der Waals surface area contributed by atoms with Crippen molar-refractivity contribution >= 4 is 17.4 Å². The van der Waals surface area contributed by atoms with Gasteiger partial charge in [0.15, 0.2) is 5.78 Å². The number of nitrogens with one attached hydrogen (secondary N) is 1. The summed E-state index contributed by atoms with van der Waals surface area (Å²) in [7, 11) is 0. The van der Waals surface area contributed by atoms with Gasteiger partial charge in [-0.3, -0.25) is 9.59 Å². The molecule has 3 atom stereocenters. The Balaban J connectivity index is 2.18. The fourth-order valence-electron chi connectivity index (χ4n) is 2.95. The molecule has 0 aliphatic carbocycles. The maximum atomic E-state index is 12.3. The number of hydrogen-bond acceptors (Lipinski definition) is 5. The molecule has 2 aliphatic rings. The van der Waals surface area contributed by atoms with Gasteiger partial charge in [-0.1, -0.05) is 0 Å². The summed E-state index contributed by atoms with van der Waals surface area (Å²) in [5, 5.41) is 22.8. The summed E-state index contributed by atoms with van der Waals surface area (Å²) < 4.78 is 5.88. The molecule has 6 heteroatoms. The van der Waals surface area contributed by atoms with Crippen molar-refractivity contribution < 1.29 is 24.5 Å². The Morgan fingerprint density at radius 1 is 1.30 bits per heavy atom. The van der Waals surface area contributed by atoms with Gasteiger partial charge in [-0.15, -0.1) is 0 Å². The summed E-state index contributed by atoms with van der Waals surface area (Å²) in [5.41, 5.74) is 1.42. The van der Waals surface area contributed by atoms with Crippen molar-refractivity contribution in [1.29, 1.82) is 0 Å². The molecule has 0 aromatic heterocycles. The minimum Gasteiger partial charge on any atom is -0.508 e. The third-order valence-corrected chi connectivity index (χ3v) is 4.34. The van der Waals surface area contributed by atoms with Crippen LogP contribution in [0.15, 0.2) is 23.8 Å². The summed E-state index contributed by atoms with van der Waals surface area (Å²) in [5.74, 6) is -1.20. The van der Waals surface area contributed by atoms with Crippen molar-refractivity contribution in [3.05, 3.63) is 29.3 Å². The van der Waals surface area contributed by atoms with Crippen LogP contribution in [0.5, 0.6) is 11.5 Å². The Labute approximate surface area is 133 Å². The number of carbonyl (C=O) groups excluding carboxylic acids is 2. The number of phenolic OH excluding ortho intramolecular Hbond substituents is 1. The number of carbonyl (C=O) groups is 2. The lowest BCUT2D eigenvalue weighted by Crippen LogP contribution is -2.33. The number of aromatic hydroxyl groups is 1. The van der Waals surface area contributed by atoms with Gasteiger partial charge in [-0.05, 0) is 44.4 Å². The average Bonchev–Trinajstić information content (AvgIpc) is 2.65. The smallest absolute Gasteiger partial charge is 0.235 e. The molecule has 0 saturated carbocycles. The normalized spacial score (nSPS) is 27.4. The van der Waals surface area contributed by atoms with Crippen LogP contribution in [0, 0.1) is 5.92 Å². The highest BCUT2D eigenvalue weighted by atomic mass is 16.5. The number of allylic oxidation sites excluding steroid dienone is 1. The quantitative estimate of drug-likeness (QED) is 0.631. The van der Waals surface area contributed by atoms with Crippen LogP contribution in [-0.2, 0) is 16.0 Å². The SMILES string of the molecule is CC1=C[C@H]2Oc3c(cc(O)cc3NC(=O)C(C)C1=O)CC[C@@H]2O. The molecule has 1 amide bonds. The highest BCUT2D eigenvalue weighted by Gasteiger charge is 2.31. The molecule has 0 saturated heterocycles. The molecule has 2 aliphatic heterocycles.